The van der Waals surface area contributed by atoms with Gasteiger partial charge in [-0.15, -0.1) is 5.10 Å². The average Bonchev–Trinajstić information content (AvgIpc) is 2.94. The Hall–Kier alpha value is -1.89. The molecule has 2 aromatic rings. The first-order chi connectivity index (χ1) is 8.25. The zero-order valence-corrected chi connectivity index (χ0v) is 9.48. The highest BCUT2D eigenvalue weighted by Crippen LogP contribution is 2.16. The van der Waals surface area contributed by atoms with Crippen LogP contribution in [0.15, 0.2) is 24.3 Å². The van der Waals surface area contributed by atoms with Crippen molar-refractivity contribution in [1.82, 2.24) is 20.3 Å². The lowest BCUT2D eigenvalue weighted by atomic mass is 10.3. The molecule has 1 aliphatic rings. The number of hydrogen-bond donors (Lipinski definition) is 1. The number of aromatic nitrogens is 3. The molecule has 1 aliphatic heterocycles. The summed E-state index contributed by atoms with van der Waals surface area (Å²) in [7, 11) is 0. The third-order valence-electron chi connectivity index (χ3n) is 2.53. The fraction of sp³-hybridized carbons (Fsp3) is 0.200. The van der Waals surface area contributed by atoms with Crippen LogP contribution in [0.2, 0.25) is 0 Å². The molecule has 1 amide bonds. The lowest BCUT2D eigenvalue weighted by molar-refractivity contribution is 0.0865. The predicted molar refractivity (Wildman–Crippen MR) is 62.9 cm³/mol. The molecule has 1 atom stereocenters. The van der Waals surface area contributed by atoms with Crippen molar-refractivity contribution in [3.8, 4) is 0 Å². The van der Waals surface area contributed by atoms with Gasteiger partial charge in [-0.05, 0) is 12.1 Å². The zero-order chi connectivity index (χ0) is 11.8. The lowest BCUT2D eigenvalue weighted by Gasteiger charge is -2.07. The van der Waals surface area contributed by atoms with E-state index < -0.39 is 6.04 Å². The Kier molecular flexibility index (Phi) is 2.32. The average molecular weight is 248 g/mol. The predicted octanol–water partition coefficient (Wildman–Crippen LogP) is 0.896. The summed E-state index contributed by atoms with van der Waals surface area (Å²) in [6, 6.07) is 6.69. The molecule has 6 nitrogen and oxygen atoms in total. The van der Waals surface area contributed by atoms with E-state index >= 15 is 0 Å². The number of nitrogens with one attached hydrogen (secondary N) is 1. The number of nitrogens with zero attached hydrogens (tertiary/aromatic N) is 3. The largest absolute Gasteiger partial charge is 0.334 e. The van der Waals surface area contributed by atoms with Crippen LogP contribution in [0.3, 0.4) is 0 Å². The number of thioether (sulfide) groups is 1. The SMILES string of the molecule is O=C1N[C@H](C(=O)n2nnc3ccccc32)CS1. The monoisotopic (exact) mass is 248 g/mol. The highest BCUT2D eigenvalue weighted by Gasteiger charge is 2.30. The van der Waals surface area contributed by atoms with Crippen molar-refractivity contribution in [2.45, 2.75) is 6.04 Å². The third-order valence-corrected chi connectivity index (χ3v) is 3.41. The van der Waals surface area contributed by atoms with Gasteiger partial charge < -0.3 is 5.32 Å². The third kappa shape index (κ3) is 1.68. The fourth-order valence-corrected chi connectivity index (χ4v) is 2.47. The van der Waals surface area contributed by atoms with Gasteiger partial charge >= 0.3 is 0 Å². The first-order valence-electron chi connectivity index (χ1n) is 5.03. The van der Waals surface area contributed by atoms with Gasteiger partial charge in [0.2, 0.25) is 0 Å². The number of benzene rings is 1. The van der Waals surface area contributed by atoms with Gasteiger partial charge in [-0.1, -0.05) is 29.1 Å². The molecular weight excluding hydrogens is 240 g/mol. The van der Waals surface area contributed by atoms with Gasteiger partial charge in [-0.2, -0.15) is 4.68 Å². The zero-order valence-electron chi connectivity index (χ0n) is 8.66. The first-order valence-corrected chi connectivity index (χ1v) is 6.02. The molecule has 1 N–H and O–H groups in total. The second kappa shape index (κ2) is 3.85. The van der Waals surface area contributed by atoms with Gasteiger partial charge in [0.1, 0.15) is 11.6 Å². The molecule has 1 fully saturated rings. The van der Waals surface area contributed by atoms with Crippen LogP contribution in [0.1, 0.15) is 4.79 Å². The van der Waals surface area contributed by atoms with Crippen LogP contribution in [-0.2, 0) is 0 Å². The Balaban J connectivity index is 1.98. The summed E-state index contributed by atoms with van der Waals surface area (Å²) in [5.41, 5.74) is 1.32. The molecule has 0 unspecified atom stereocenters. The van der Waals surface area contributed by atoms with Crippen LogP contribution < -0.4 is 5.32 Å². The Labute approximate surface area is 100 Å². The topological polar surface area (TPSA) is 76.9 Å². The summed E-state index contributed by atoms with van der Waals surface area (Å²) in [4.78, 5) is 23.1. The van der Waals surface area contributed by atoms with E-state index in [2.05, 4.69) is 15.6 Å². The van der Waals surface area contributed by atoms with Gasteiger partial charge in [0, 0.05) is 5.75 Å². The second-order valence-electron chi connectivity index (χ2n) is 3.62. The van der Waals surface area contributed by atoms with Crippen LogP contribution in [0, 0.1) is 0 Å². The minimum Gasteiger partial charge on any atom is -0.334 e. The van der Waals surface area contributed by atoms with Crippen molar-refractivity contribution in [2.75, 3.05) is 5.75 Å². The Morgan fingerprint density at radius 2 is 2.29 bits per heavy atom. The lowest BCUT2D eigenvalue weighted by Crippen LogP contribution is -2.38. The minimum absolute atomic E-state index is 0.173. The van der Waals surface area contributed by atoms with Crippen LogP contribution in [0.5, 0.6) is 0 Å². The Morgan fingerprint density at radius 1 is 1.47 bits per heavy atom. The number of hydrogen-bond acceptors (Lipinski definition) is 5. The highest BCUT2D eigenvalue weighted by molar-refractivity contribution is 8.14. The first kappa shape index (κ1) is 10.3. The number of carbonyl (C=O) groups is 2. The summed E-state index contributed by atoms with van der Waals surface area (Å²) in [6.45, 7) is 0. The van der Waals surface area contributed by atoms with E-state index in [-0.39, 0.29) is 11.1 Å². The van der Waals surface area contributed by atoms with Gasteiger partial charge in [-0.3, -0.25) is 9.59 Å². The molecule has 0 saturated carbocycles. The van der Waals surface area contributed by atoms with Gasteiger partial charge in [0.15, 0.2) is 0 Å². The van der Waals surface area contributed by atoms with E-state index in [1.165, 1.54) is 4.68 Å². The van der Waals surface area contributed by atoms with E-state index in [1.807, 2.05) is 12.1 Å². The molecule has 1 saturated heterocycles. The van der Waals surface area contributed by atoms with Crippen molar-refractivity contribution >= 4 is 33.9 Å². The molecule has 1 aromatic heterocycles. The second-order valence-corrected chi connectivity index (χ2v) is 4.62. The summed E-state index contributed by atoms with van der Waals surface area (Å²) >= 11 is 1.10. The van der Waals surface area contributed by atoms with Gasteiger partial charge in [-0.25, -0.2) is 0 Å². The van der Waals surface area contributed by atoms with Crippen molar-refractivity contribution in [1.29, 1.82) is 0 Å². The molecule has 0 spiro atoms. The van der Waals surface area contributed by atoms with Crippen molar-refractivity contribution in [2.24, 2.45) is 0 Å². The number of fused-ring (bicyclic) bond motifs is 1. The number of para-hydroxylation sites is 1. The van der Waals surface area contributed by atoms with Crippen molar-refractivity contribution in [3.63, 3.8) is 0 Å². The normalized spacial score (nSPS) is 19.5. The minimum atomic E-state index is -0.516. The Morgan fingerprint density at radius 3 is 3.06 bits per heavy atom. The summed E-state index contributed by atoms with van der Waals surface area (Å²) < 4.78 is 1.24. The van der Waals surface area contributed by atoms with Crippen molar-refractivity contribution in [3.05, 3.63) is 24.3 Å². The maximum atomic E-state index is 12.1. The molecule has 86 valence electrons. The van der Waals surface area contributed by atoms with Crippen LogP contribution >= 0.6 is 11.8 Å². The maximum absolute atomic E-state index is 12.1. The summed E-state index contributed by atoms with van der Waals surface area (Å²) in [6.07, 6.45) is 0. The maximum Gasteiger partial charge on any atom is 0.279 e. The summed E-state index contributed by atoms with van der Waals surface area (Å²) in [5, 5.41) is 10.1. The molecule has 1 aromatic carbocycles. The van der Waals surface area contributed by atoms with Crippen molar-refractivity contribution < 1.29 is 9.59 Å². The summed E-state index contributed by atoms with van der Waals surface area (Å²) in [5.74, 6) is 0.184. The van der Waals surface area contributed by atoms with Gasteiger partial charge in [0.25, 0.3) is 11.1 Å². The smallest absolute Gasteiger partial charge is 0.279 e. The quantitative estimate of drug-likeness (QED) is 0.811. The number of amides is 1. The van der Waals surface area contributed by atoms with Crippen LogP contribution in [-0.4, -0.2) is 37.9 Å². The van der Waals surface area contributed by atoms with Crippen LogP contribution in [0.25, 0.3) is 11.0 Å². The molecule has 2 heterocycles. The molecule has 3 rings (SSSR count). The molecule has 0 bridgehead atoms. The highest BCUT2D eigenvalue weighted by atomic mass is 32.2. The standard InChI is InChI=1S/C10H8N4O2S/c15-9(7-5-17-10(16)11-7)14-8-4-2-1-3-6(8)12-13-14/h1-4,7H,5H2,(H,11,16)/t7-/m0/s1. The molecular formula is C10H8N4O2S. The van der Waals surface area contributed by atoms with E-state index in [0.29, 0.717) is 16.8 Å². The van der Waals surface area contributed by atoms with Crippen LogP contribution in [0.4, 0.5) is 4.79 Å². The molecule has 0 radical (unpaired) electrons. The molecule has 7 heteroatoms. The number of rotatable bonds is 1. The molecule has 17 heavy (non-hydrogen) atoms. The fourth-order valence-electron chi connectivity index (χ4n) is 1.70. The molecule has 0 aliphatic carbocycles. The van der Waals surface area contributed by atoms with Gasteiger partial charge in [0.05, 0.1) is 5.52 Å². The van der Waals surface area contributed by atoms with E-state index in [4.69, 9.17) is 0 Å². The van der Waals surface area contributed by atoms with E-state index in [9.17, 15) is 9.59 Å². The number of carbonyl (C=O) groups excluding carboxylic acids is 2. The van der Waals surface area contributed by atoms with E-state index in [0.717, 1.165) is 11.8 Å². The Bertz CT molecular complexity index is 609. The van der Waals surface area contributed by atoms with E-state index in [1.54, 1.807) is 12.1 Å².